The lowest BCUT2D eigenvalue weighted by Crippen LogP contribution is -2.35. The number of nitrogens with one attached hydrogen (secondary N) is 1. The lowest BCUT2D eigenvalue weighted by Gasteiger charge is -2.13. The van der Waals surface area contributed by atoms with E-state index in [0.717, 1.165) is 10.4 Å². The Balaban J connectivity index is 1.82. The number of ether oxygens (including phenoxy) is 2. The second-order valence-electron chi connectivity index (χ2n) is 4.96. The van der Waals surface area contributed by atoms with Crippen molar-refractivity contribution < 1.29 is 19.1 Å². The van der Waals surface area contributed by atoms with Crippen LogP contribution in [0.4, 0.5) is 0 Å². The van der Waals surface area contributed by atoms with Gasteiger partial charge in [-0.2, -0.15) is 0 Å². The van der Waals surface area contributed by atoms with Gasteiger partial charge < -0.3 is 14.8 Å². The topological polar surface area (TPSA) is 64.6 Å². The highest BCUT2D eigenvalue weighted by Crippen LogP contribution is 2.16. The summed E-state index contributed by atoms with van der Waals surface area (Å²) in [6, 6.07) is 11.2. The average Bonchev–Trinajstić information content (AvgIpc) is 3.11. The van der Waals surface area contributed by atoms with E-state index in [4.69, 9.17) is 9.47 Å². The zero-order valence-electron chi connectivity index (χ0n) is 13.5. The molecule has 1 heterocycles. The number of esters is 1. The molecule has 0 aliphatic heterocycles. The number of thiophene rings is 1. The predicted octanol–water partition coefficient (Wildman–Crippen LogP) is 3.02. The minimum Gasteiger partial charge on any atom is -0.496 e. The van der Waals surface area contributed by atoms with Crippen LogP contribution in [-0.2, 0) is 20.9 Å². The van der Waals surface area contributed by atoms with E-state index in [2.05, 4.69) is 5.32 Å². The molecule has 1 N–H and O–H groups in total. The maximum atomic E-state index is 12.0. The van der Waals surface area contributed by atoms with Crippen molar-refractivity contribution in [1.29, 1.82) is 0 Å². The van der Waals surface area contributed by atoms with E-state index in [1.165, 1.54) is 24.3 Å². The van der Waals surface area contributed by atoms with Gasteiger partial charge in [0.2, 0.25) is 0 Å². The minimum absolute atomic E-state index is 0.301. The van der Waals surface area contributed by atoms with Gasteiger partial charge in [0.1, 0.15) is 5.75 Å². The van der Waals surface area contributed by atoms with Crippen molar-refractivity contribution in [2.75, 3.05) is 7.11 Å². The van der Waals surface area contributed by atoms with E-state index in [0.29, 0.717) is 12.3 Å². The van der Waals surface area contributed by atoms with E-state index in [9.17, 15) is 9.59 Å². The summed E-state index contributed by atoms with van der Waals surface area (Å²) in [6.45, 7) is 1.84. The molecule has 0 radical (unpaired) electrons. The molecule has 0 fully saturated rings. The van der Waals surface area contributed by atoms with E-state index in [1.807, 2.05) is 41.8 Å². The Hall–Kier alpha value is -2.60. The fraction of sp³-hybridized carbons (Fsp3) is 0.222. The molecule has 6 heteroatoms. The largest absolute Gasteiger partial charge is 0.496 e. The monoisotopic (exact) mass is 345 g/mol. The minimum atomic E-state index is -0.875. The first kappa shape index (κ1) is 17.7. The van der Waals surface area contributed by atoms with E-state index < -0.39 is 12.1 Å². The van der Waals surface area contributed by atoms with Crippen LogP contribution in [0.2, 0.25) is 0 Å². The van der Waals surface area contributed by atoms with Crippen LogP contribution in [0.3, 0.4) is 0 Å². The smallest absolute Gasteiger partial charge is 0.331 e. The number of carbonyl (C=O) groups is 2. The molecule has 2 rings (SSSR count). The molecular formula is C18H19NO4S. The van der Waals surface area contributed by atoms with Crippen LogP contribution in [0.1, 0.15) is 17.4 Å². The Morgan fingerprint density at radius 3 is 2.75 bits per heavy atom. The van der Waals surface area contributed by atoms with Gasteiger partial charge in [-0.1, -0.05) is 24.3 Å². The normalized spacial score (nSPS) is 11.9. The van der Waals surface area contributed by atoms with Crippen molar-refractivity contribution >= 4 is 29.3 Å². The van der Waals surface area contributed by atoms with Crippen molar-refractivity contribution in [2.24, 2.45) is 0 Å². The van der Waals surface area contributed by atoms with Crippen LogP contribution in [0, 0.1) is 0 Å². The van der Waals surface area contributed by atoms with Crippen molar-refractivity contribution in [3.63, 3.8) is 0 Å². The Bertz CT molecular complexity index is 710. The van der Waals surface area contributed by atoms with Crippen molar-refractivity contribution in [3.05, 3.63) is 58.3 Å². The molecule has 1 aromatic carbocycles. The van der Waals surface area contributed by atoms with Crippen molar-refractivity contribution in [2.45, 2.75) is 19.6 Å². The lowest BCUT2D eigenvalue weighted by molar-refractivity contribution is -0.150. The summed E-state index contributed by atoms with van der Waals surface area (Å²) < 4.78 is 10.3. The van der Waals surface area contributed by atoms with Gasteiger partial charge in [-0.15, -0.1) is 11.3 Å². The third-order valence-corrected chi connectivity index (χ3v) is 4.07. The highest BCUT2D eigenvalue weighted by atomic mass is 32.1. The number of rotatable bonds is 7. The zero-order valence-corrected chi connectivity index (χ0v) is 14.3. The molecule has 2 aromatic rings. The molecule has 0 spiro atoms. The first-order chi connectivity index (χ1) is 11.6. The molecule has 5 nitrogen and oxygen atoms in total. The molecule has 1 amide bonds. The van der Waals surface area contributed by atoms with Crippen LogP contribution < -0.4 is 10.1 Å². The Kier molecular flexibility index (Phi) is 6.57. The van der Waals surface area contributed by atoms with Gasteiger partial charge >= 0.3 is 5.97 Å². The number of amides is 1. The maximum absolute atomic E-state index is 12.0. The summed E-state index contributed by atoms with van der Waals surface area (Å²) in [5.41, 5.74) is 0.851. The van der Waals surface area contributed by atoms with Gasteiger partial charge in [0.05, 0.1) is 7.11 Å². The van der Waals surface area contributed by atoms with Gasteiger partial charge in [-0.3, -0.25) is 4.79 Å². The lowest BCUT2D eigenvalue weighted by atomic mass is 10.2. The summed E-state index contributed by atoms with van der Waals surface area (Å²) in [5, 5.41) is 4.65. The first-order valence-electron chi connectivity index (χ1n) is 7.42. The highest BCUT2D eigenvalue weighted by Gasteiger charge is 2.16. The molecule has 126 valence electrons. The van der Waals surface area contributed by atoms with E-state index >= 15 is 0 Å². The highest BCUT2D eigenvalue weighted by molar-refractivity contribution is 7.10. The summed E-state index contributed by atoms with van der Waals surface area (Å²) in [6.07, 6.45) is 2.10. The average molecular weight is 345 g/mol. The molecule has 1 atom stereocenters. The Labute approximate surface area is 144 Å². The van der Waals surface area contributed by atoms with Crippen LogP contribution in [0.5, 0.6) is 5.75 Å². The van der Waals surface area contributed by atoms with Crippen molar-refractivity contribution in [1.82, 2.24) is 5.32 Å². The van der Waals surface area contributed by atoms with Crippen LogP contribution in [0.15, 0.2) is 47.9 Å². The summed E-state index contributed by atoms with van der Waals surface area (Å²) in [5.74, 6) is -0.219. The zero-order chi connectivity index (χ0) is 17.4. The third kappa shape index (κ3) is 5.24. The van der Waals surface area contributed by atoms with Gasteiger partial charge in [0.15, 0.2) is 6.10 Å². The fourth-order valence-corrected chi connectivity index (χ4v) is 2.60. The van der Waals surface area contributed by atoms with Gasteiger partial charge in [-0.25, -0.2) is 4.79 Å². The van der Waals surface area contributed by atoms with Crippen LogP contribution >= 0.6 is 11.3 Å². The molecule has 0 saturated heterocycles. The van der Waals surface area contributed by atoms with Crippen molar-refractivity contribution in [3.8, 4) is 5.75 Å². The molecule has 0 saturated carbocycles. The molecule has 1 aromatic heterocycles. The van der Waals surface area contributed by atoms with Gasteiger partial charge in [-0.05, 0) is 30.5 Å². The Morgan fingerprint density at radius 2 is 2.04 bits per heavy atom. The molecule has 0 bridgehead atoms. The van der Waals surface area contributed by atoms with E-state index in [1.54, 1.807) is 13.2 Å². The third-order valence-electron chi connectivity index (χ3n) is 3.23. The SMILES string of the molecule is COc1ccccc1CNC(=O)[C@H](C)OC(=O)/C=C/c1cccs1. The molecule has 0 aliphatic carbocycles. The number of carbonyl (C=O) groups excluding carboxylic acids is 2. The standard InChI is InChI=1S/C18H19NO4S/c1-13(23-17(20)10-9-15-7-5-11-24-15)18(21)19-12-14-6-3-4-8-16(14)22-2/h3-11,13H,12H2,1-2H3,(H,19,21)/b10-9+/t13-/m0/s1. The summed E-state index contributed by atoms with van der Waals surface area (Å²) in [4.78, 5) is 24.7. The van der Waals surface area contributed by atoms with Gasteiger partial charge in [0, 0.05) is 23.1 Å². The molecular weight excluding hydrogens is 326 g/mol. The molecule has 0 aliphatic rings. The number of methoxy groups -OCH3 is 1. The van der Waals surface area contributed by atoms with E-state index in [-0.39, 0.29) is 5.91 Å². The fourth-order valence-electron chi connectivity index (χ4n) is 1.98. The first-order valence-corrected chi connectivity index (χ1v) is 8.30. The maximum Gasteiger partial charge on any atom is 0.331 e. The van der Waals surface area contributed by atoms with Gasteiger partial charge in [0.25, 0.3) is 5.91 Å². The quantitative estimate of drug-likeness (QED) is 0.619. The summed E-state index contributed by atoms with van der Waals surface area (Å²) >= 11 is 1.51. The second kappa shape index (κ2) is 8.88. The number of hydrogen-bond donors (Lipinski definition) is 1. The van der Waals surface area contributed by atoms with Crippen LogP contribution in [-0.4, -0.2) is 25.1 Å². The second-order valence-corrected chi connectivity index (χ2v) is 5.94. The molecule has 24 heavy (non-hydrogen) atoms. The predicted molar refractivity (Wildman–Crippen MR) is 93.7 cm³/mol. The number of para-hydroxylation sites is 1. The molecule has 0 unspecified atom stereocenters. The number of benzene rings is 1. The van der Waals surface area contributed by atoms with Crippen LogP contribution in [0.25, 0.3) is 6.08 Å². The number of hydrogen-bond acceptors (Lipinski definition) is 5. The summed E-state index contributed by atoms with van der Waals surface area (Å²) in [7, 11) is 1.57. The Morgan fingerprint density at radius 1 is 1.25 bits per heavy atom.